The first-order valence-electron chi connectivity index (χ1n) is 10.0. The Morgan fingerprint density at radius 2 is 2.00 bits per heavy atom. The van der Waals surface area contributed by atoms with Gasteiger partial charge in [-0.2, -0.15) is 0 Å². The number of aromatic nitrogens is 2. The molecule has 2 aliphatic rings. The van der Waals surface area contributed by atoms with Crippen LogP contribution in [0, 0.1) is 5.82 Å². The van der Waals surface area contributed by atoms with E-state index in [-0.39, 0.29) is 29.1 Å². The van der Waals surface area contributed by atoms with Crippen molar-refractivity contribution < 1.29 is 9.18 Å². The van der Waals surface area contributed by atoms with Gasteiger partial charge < -0.3 is 5.32 Å². The molecule has 1 aromatic carbocycles. The van der Waals surface area contributed by atoms with E-state index in [1.54, 1.807) is 12.1 Å². The van der Waals surface area contributed by atoms with Crippen molar-refractivity contribution in [1.29, 1.82) is 0 Å². The number of nitrogens with one attached hydrogen (secondary N) is 1. The van der Waals surface area contributed by atoms with Crippen LogP contribution in [0.3, 0.4) is 0 Å². The molecule has 2 aromatic rings. The summed E-state index contributed by atoms with van der Waals surface area (Å²) in [7, 11) is 0. The smallest absolute Gasteiger partial charge is 0.272 e. The summed E-state index contributed by atoms with van der Waals surface area (Å²) in [6.45, 7) is 2.07. The number of benzene rings is 1. The van der Waals surface area contributed by atoms with E-state index in [0.29, 0.717) is 21.0 Å². The largest absolute Gasteiger partial charge is 0.353 e. The lowest BCUT2D eigenvalue weighted by atomic mass is 9.95. The Balaban J connectivity index is 1.59. The predicted octanol–water partition coefficient (Wildman–Crippen LogP) is 3.95. The molecule has 29 heavy (non-hydrogen) atoms. The Bertz CT molecular complexity index is 956. The highest BCUT2D eigenvalue weighted by molar-refractivity contribution is 8.00. The van der Waals surface area contributed by atoms with Crippen LogP contribution < -0.4 is 10.9 Å². The van der Waals surface area contributed by atoms with Crippen molar-refractivity contribution in [2.75, 3.05) is 5.75 Å². The third-order valence-corrected chi connectivity index (χ3v) is 7.42. The van der Waals surface area contributed by atoms with Crippen LogP contribution in [0.5, 0.6) is 0 Å². The molecule has 1 N–H and O–H groups in total. The highest BCUT2D eigenvalue weighted by Gasteiger charge is 2.27. The molecule has 2 heterocycles. The molecule has 154 valence electrons. The minimum absolute atomic E-state index is 0.0370. The quantitative estimate of drug-likeness (QED) is 0.571. The average molecular weight is 434 g/mol. The van der Waals surface area contributed by atoms with E-state index in [4.69, 9.17) is 4.98 Å². The number of carbonyl (C=O) groups excluding carboxylic acids is 1. The molecule has 0 spiro atoms. The number of nitrogens with zero attached hydrogens (tertiary/aromatic N) is 2. The van der Waals surface area contributed by atoms with Crippen molar-refractivity contribution >= 4 is 29.4 Å². The van der Waals surface area contributed by atoms with Crippen molar-refractivity contribution in [2.45, 2.75) is 66.8 Å². The lowest BCUT2D eigenvalue weighted by Gasteiger charge is -2.22. The van der Waals surface area contributed by atoms with Crippen LogP contribution in [0.25, 0.3) is 5.69 Å². The minimum atomic E-state index is -0.361. The van der Waals surface area contributed by atoms with Gasteiger partial charge in [0, 0.05) is 17.7 Å². The molecule has 1 aliphatic carbocycles. The van der Waals surface area contributed by atoms with Crippen LogP contribution in [0.4, 0.5) is 4.39 Å². The Morgan fingerprint density at radius 3 is 2.72 bits per heavy atom. The molecular formula is C21H24FN3O2S2. The van der Waals surface area contributed by atoms with Crippen LogP contribution in [0.1, 0.15) is 44.7 Å². The molecule has 5 nitrogen and oxygen atoms in total. The molecular weight excluding hydrogens is 409 g/mol. The minimum Gasteiger partial charge on any atom is -0.353 e. The van der Waals surface area contributed by atoms with Crippen molar-refractivity contribution in [3.8, 4) is 5.69 Å². The van der Waals surface area contributed by atoms with Crippen LogP contribution in [0.2, 0.25) is 0 Å². The van der Waals surface area contributed by atoms with Crippen molar-refractivity contribution in [3.63, 3.8) is 0 Å². The van der Waals surface area contributed by atoms with Crippen LogP contribution in [0.15, 0.2) is 39.1 Å². The third-order valence-electron chi connectivity index (χ3n) is 5.27. The zero-order chi connectivity index (χ0) is 20.4. The standard InChI is InChI=1S/C21H24FN3O2S2/c1-13-11-17-19(29-13)20(27)25(16-9-7-14(22)8-10-16)21(24-17)28-12-18(26)23-15-5-3-2-4-6-15/h7-10,13,15H,2-6,11-12H2,1H3,(H,23,26). The van der Waals surface area contributed by atoms with E-state index in [9.17, 15) is 14.0 Å². The Morgan fingerprint density at radius 1 is 1.28 bits per heavy atom. The molecule has 0 bridgehead atoms. The fourth-order valence-corrected chi connectivity index (χ4v) is 5.80. The molecule has 1 atom stereocenters. The average Bonchev–Trinajstić information content (AvgIpc) is 3.09. The van der Waals surface area contributed by atoms with Gasteiger partial charge >= 0.3 is 0 Å². The second-order valence-electron chi connectivity index (χ2n) is 7.61. The SMILES string of the molecule is CC1Cc2nc(SCC(=O)NC3CCCCC3)n(-c3ccc(F)cc3)c(=O)c2S1. The molecule has 1 aliphatic heterocycles. The second kappa shape index (κ2) is 8.92. The van der Waals surface area contributed by atoms with Gasteiger partial charge in [0.05, 0.1) is 22.0 Å². The summed E-state index contributed by atoms with van der Waals surface area (Å²) in [5.41, 5.74) is 1.20. The summed E-state index contributed by atoms with van der Waals surface area (Å²) in [6.07, 6.45) is 6.35. The van der Waals surface area contributed by atoms with Gasteiger partial charge in [0.15, 0.2) is 5.16 Å². The number of hydrogen-bond donors (Lipinski definition) is 1. The third kappa shape index (κ3) is 4.69. The maximum absolute atomic E-state index is 13.4. The lowest BCUT2D eigenvalue weighted by Crippen LogP contribution is -2.37. The van der Waals surface area contributed by atoms with Gasteiger partial charge in [0.1, 0.15) is 5.82 Å². The van der Waals surface area contributed by atoms with Gasteiger partial charge in [-0.25, -0.2) is 9.37 Å². The van der Waals surface area contributed by atoms with Crippen LogP contribution >= 0.6 is 23.5 Å². The Kier molecular flexibility index (Phi) is 6.29. The van der Waals surface area contributed by atoms with Gasteiger partial charge in [-0.15, -0.1) is 11.8 Å². The first-order chi connectivity index (χ1) is 14.0. The number of rotatable bonds is 5. The molecule has 1 unspecified atom stereocenters. The monoisotopic (exact) mass is 433 g/mol. The number of amides is 1. The maximum atomic E-state index is 13.4. The van der Waals surface area contributed by atoms with Crippen LogP contribution in [-0.2, 0) is 11.2 Å². The summed E-state index contributed by atoms with van der Waals surface area (Å²) in [6, 6.07) is 6.05. The summed E-state index contributed by atoms with van der Waals surface area (Å²) >= 11 is 2.79. The first kappa shape index (κ1) is 20.5. The Labute approximate surface area is 177 Å². The molecule has 1 amide bonds. The summed E-state index contributed by atoms with van der Waals surface area (Å²) < 4.78 is 14.9. The van der Waals surface area contributed by atoms with Gasteiger partial charge in [-0.1, -0.05) is 37.9 Å². The summed E-state index contributed by atoms with van der Waals surface area (Å²) in [5.74, 6) is -0.198. The molecule has 0 radical (unpaired) electrons. The number of thioether (sulfide) groups is 2. The number of hydrogen-bond acceptors (Lipinski definition) is 5. The van der Waals surface area contributed by atoms with E-state index >= 15 is 0 Å². The van der Waals surface area contributed by atoms with E-state index in [1.165, 1.54) is 46.6 Å². The van der Waals surface area contributed by atoms with Gasteiger partial charge in [0.2, 0.25) is 5.91 Å². The molecule has 1 aromatic heterocycles. The maximum Gasteiger partial charge on any atom is 0.272 e. The fourth-order valence-electron chi connectivity index (χ4n) is 3.86. The molecule has 1 fully saturated rings. The van der Waals surface area contributed by atoms with Crippen LogP contribution in [-0.4, -0.2) is 32.5 Å². The van der Waals surface area contributed by atoms with E-state index < -0.39 is 0 Å². The number of fused-ring (bicyclic) bond motifs is 1. The zero-order valence-electron chi connectivity index (χ0n) is 16.3. The Hall–Kier alpha value is -1.80. The topological polar surface area (TPSA) is 64.0 Å². The lowest BCUT2D eigenvalue weighted by molar-refractivity contribution is -0.119. The summed E-state index contributed by atoms with van der Waals surface area (Å²) in [5, 5.41) is 3.87. The predicted molar refractivity (Wildman–Crippen MR) is 115 cm³/mol. The highest BCUT2D eigenvalue weighted by Crippen LogP contribution is 2.34. The van der Waals surface area contributed by atoms with E-state index in [2.05, 4.69) is 12.2 Å². The van der Waals surface area contributed by atoms with Crippen molar-refractivity contribution in [3.05, 3.63) is 46.1 Å². The molecule has 0 saturated heterocycles. The van der Waals surface area contributed by atoms with Gasteiger partial charge in [0.25, 0.3) is 5.56 Å². The van der Waals surface area contributed by atoms with Crippen molar-refractivity contribution in [2.24, 2.45) is 0 Å². The number of carbonyl (C=O) groups is 1. The molecule has 4 rings (SSSR count). The highest BCUT2D eigenvalue weighted by atomic mass is 32.2. The molecule has 1 saturated carbocycles. The van der Waals surface area contributed by atoms with Gasteiger partial charge in [-0.3, -0.25) is 14.2 Å². The molecule has 8 heteroatoms. The first-order valence-corrected chi connectivity index (χ1v) is 11.9. The number of halogens is 1. The van der Waals surface area contributed by atoms with E-state index in [1.807, 2.05) is 0 Å². The second-order valence-corrected chi connectivity index (χ2v) is 10.0. The fraction of sp³-hybridized carbons (Fsp3) is 0.476. The summed E-state index contributed by atoms with van der Waals surface area (Å²) in [4.78, 5) is 31.0. The van der Waals surface area contributed by atoms with E-state index in [0.717, 1.165) is 37.8 Å². The normalized spacial score (nSPS) is 19.2. The van der Waals surface area contributed by atoms with Gasteiger partial charge in [-0.05, 0) is 37.1 Å². The van der Waals surface area contributed by atoms with Crippen molar-refractivity contribution in [1.82, 2.24) is 14.9 Å². The zero-order valence-corrected chi connectivity index (χ0v) is 18.0.